The first kappa shape index (κ1) is 20.3. The summed E-state index contributed by atoms with van der Waals surface area (Å²) in [6.07, 6.45) is 3.78. The van der Waals surface area contributed by atoms with E-state index in [4.69, 9.17) is 10.3 Å². The van der Waals surface area contributed by atoms with Crippen molar-refractivity contribution in [3.05, 3.63) is 60.4 Å². The van der Waals surface area contributed by atoms with E-state index in [1.807, 2.05) is 0 Å². The maximum Gasteiger partial charge on any atom is 0.261 e. The molecule has 1 saturated carbocycles. The van der Waals surface area contributed by atoms with Crippen LogP contribution in [0.2, 0.25) is 0 Å². The van der Waals surface area contributed by atoms with E-state index < -0.39 is 15.6 Å². The molecule has 0 spiro atoms. The number of anilines is 1. The fourth-order valence-corrected chi connectivity index (χ4v) is 4.37. The summed E-state index contributed by atoms with van der Waals surface area (Å²) in [5.74, 6) is 0.827. The van der Waals surface area contributed by atoms with E-state index in [0.29, 0.717) is 23.0 Å². The topological polar surface area (TPSA) is 111 Å². The van der Waals surface area contributed by atoms with Crippen LogP contribution in [0.25, 0.3) is 11.5 Å². The highest BCUT2D eigenvalue weighted by Crippen LogP contribution is 2.35. The third kappa shape index (κ3) is 4.04. The van der Waals surface area contributed by atoms with Crippen LogP contribution in [0.1, 0.15) is 31.5 Å². The van der Waals surface area contributed by atoms with E-state index in [1.54, 1.807) is 54.6 Å². The molecule has 1 aliphatic rings. The van der Waals surface area contributed by atoms with Crippen molar-refractivity contribution in [2.75, 3.05) is 4.72 Å². The molecule has 1 aliphatic carbocycles. The number of hydrogen-bond acceptors (Lipinski definition) is 6. The number of hydrogen-bond donors (Lipinski definition) is 2. The molecule has 0 amide bonds. The minimum Gasteiger partial charge on any atom is -0.334 e. The van der Waals surface area contributed by atoms with Crippen molar-refractivity contribution in [3.8, 4) is 11.5 Å². The summed E-state index contributed by atoms with van der Waals surface area (Å²) >= 11 is 0. The first-order valence-electron chi connectivity index (χ1n) is 8.78. The molecule has 0 unspecified atom stereocenters. The Morgan fingerprint density at radius 1 is 1.04 bits per heavy atom. The molecule has 0 bridgehead atoms. The molecule has 2 aromatic carbocycles. The molecule has 0 radical (unpaired) electrons. The van der Waals surface area contributed by atoms with Crippen molar-refractivity contribution < 1.29 is 12.9 Å². The zero-order valence-corrected chi connectivity index (χ0v) is 16.7. The van der Waals surface area contributed by atoms with Gasteiger partial charge in [0.05, 0.1) is 10.4 Å². The van der Waals surface area contributed by atoms with Crippen molar-refractivity contribution in [1.82, 2.24) is 10.1 Å². The van der Waals surface area contributed by atoms with Gasteiger partial charge in [-0.3, -0.25) is 4.72 Å². The number of nitrogens with zero attached hydrogens (tertiary/aromatic N) is 2. The Hall–Kier alpha value is -2.42. The lowest BCUT2D eigenvalue weighted by Gasteiger charge is -2.17. The summed E-state index contributed by atoms with van der Waals surface area (Å²) in [7, 11) is -3.67. The van der Waals surface area contributed by atoms with Gasteiger partial charge in [0.1, 0.15) is 0 Å². The zero-order valence-electron chi connectivity index (χ0n) is 15.0. The Balaban J connectivity index is 0.00000225. The van der Waals surface area contributed by atoms with Gasteiger partial charge in [-0.15, -0.1) is 12.4 Å². The minimum absolute atomic E-state index is 0. The first-order chi connectivity index (χ1) is 13.0. The standard InChI is InChI=1S/C19H20N4O3S.ClH/c20-19(11-4-5-12-19)18-21-17(26-22-18)14-7-6-8-15(13-14)23-27(24,25)16-9-2-1-3-10-16;/h1-3,6-10,13,23H,4-5,11-12,20H2;1H. The molecule has 9 heteroatoms. The zero-order chi connectivity index (χ0) is 18.9. The van der Waals surface area contributed by atoms with Gasteiger partial charge in [0.15, 0.2) is 5.82 Å². The molecular formula is C19H21ClN4O3S. The van der Waals surface area contributed by atoms with Gasteiger partial charge in [0.2, 0.25) is 0 Å². The Labute approximate surface area is 169 Å². The van der Waals surface area contributed by atoms with Crippen LogP contribution in [0, 0.1) is 0 Å². The monoisotopic (exact) mass is 420 g/mol. The predicted octanol–water partition coefficient (Wildman–Crippen LogP) is 3.69. The second-order valence-corrected chi connectivity index (χ2v) is 8.47. The summed E-state index contributed by atoms with van der Waals surface area (Å²) in [5, 5.41) is 4.05. The van der Waals surface area contributed by atoms with E-state index in [-0.39, 0.29) is 17.3 Å². The fraction of sp³-hybridized carbons (Fsp3) is 0.263. The van der Waals surface area contributed by atoms with Gasteiger partial charge >= 0.3 is 0 Å². The van der Waals surface area contributed by atoms with Gasteiger partial charge in [-0.05, 0) is 43.2 Å². The Morgan fingerprint density at radius 2 is 1.75 bits per heavy atom. The Bertz CT molecular complexity index is 1050. The van der Waals surface area contributed by atoms with Crippen LogP contribution in [0.15, 0.2) is 64.0 Å². The van der Waals surface area contributed by atoms with Gasteiger partial charge < -0.3 is 10.3 Å². The summed E-state index contributed by atoms with van der Waals surface area (Å²) in [4.78, 5) is 4.65. The predicted molar refractivity (Wildman–Crippen MR) is 109 cm³/mol. The molecule has 7 nitrogen and oxygen atoms in total. The Morgan fingerprint density at radius 3 is 2.46 bits per heavy atom. The van der Waals surface area contributed by atoms with Crippen molar-refractivity contribution >= 4 is 28.1 Å². The third-order valence-electron chi connectivity index (χ3n) is 4.78. The van der Waals surface area contributed by atoms with Crippen LogP contribution >= 0.6 is 12.4 Å². The first-order valence-corrected chi connectivity index (χ1v) is 10.3. The van der Waals surface area contributed by atoms with Gasteiger partial charge in [-0.1, -0.05) is 42.3 Å². The van der Waals surface area contributed by atoms with Crippen molar-refractivity contribution in [2.24, 2.45) is 5.73 Å². The maximum atomic E-state index is 12.5. The number of aromatic nitrogens is 2. The summed E-state index contributed by atoms with van der Waals surface area (Å²) in [5.41, 5.74) is 6.88. The highest BCUT2D eigenvalue weighted by Gasteiger charge is 2.36. The van der Waals surface area contributed by atoms with Gasteiger partial charge in [0, 0.05) is 11.3 Å². The van der Waals surface area contributed by atoms with Crippen LogP contribution in [-0.2, 0) is 15.6 Å². The second kappa shape index (κ2) is 7.90. The lowest BCUT2D eigenvalue weighted by Crippen LogP contribution is -2.34. The SMILES string of the molecule is Cl.NC1(c2noc(-c3cccc(NS(=O)(=O)c4ccccc4)c3)n2)CCCC1. The molecule has 1 fully saturated rings. The normalized spacial score (nSPS) is 15.8. The van der Waals surface area contributed by atoms with Crippen LogP contribution < -0.4 is 10.5 Å². The molecule has 1 aromatic heterocycles. The lowest BCUT2D eigenvalue weighted by atomic mass is 9.99. The quantitative estimate of drug-likeness (QED) is 0.651. The minimum atomic E-state index is -3.67. The molecule has 0 aliphatic heterocycles. The number of rotatable bonds is 5. The molecule has 0 atom stereocenters. The van der Waals surface area contributed by atoms with Crippen molar-refractivity contribution in [3.63, 3.8) is 0 Å². The molecule has 0 saturated heterocycles. The van der Waals surface area contributed by atoms with Gasteiger partial charge in [-0.2, -0.15) is 4.98 Å². The molecule has 1 heterocycles. The molecule has 148 valence electrons. The number of halogens is 1. The summed E-state index contributed by atoms with van der Waals surface area (Å²) in [6, 6.07) is 15.1. The number of nitrogens with two attached hydrogens (primary N) is 1. The fourth-order valence-electron chi connectivity index (χ4n) is 3.30. The van der Waals surface area contributed by atoms with Crippen LogP contribution in [0.4, 0.5) is 5.69 Å². The summed E-state index contributed by atoms with van der Waals surface area (Å²) in [6.45, 7) is 0. The highest BCUT2D eigenvalue weighted by molar-refractivity contribution is 7.92. The molecule has 28 heavy (non-hydrogen) atoms. The summed E-state index contributed by atoms with van der Waals surface area (Å²) < 4.78 is 32.9. The van der Waals surface area contributed by atoms with E-state index in [0.717, 1.165) is 25.7 Å². The average molecular weight is 421 g/mol. The number of sulfonamides is 1. The van der Waals surface area contributed by atoms with Gasteiger partial charge in [-0.25, -0.2) is 8.42 Å². The third-order valence-corrected chi connectivity index (χ3v) is 6.18. The number of benzene rings is 2. The Kier molecular flexibility index (Phi) is 5.74. The smallest absolute Gasteiger partial charge is 0.261 e. The molecular weight excluding hydrogens is 400 g/mol. The maximum absolute atomic E-state index is 12.5. The van der Waals surface area contributed by atoms with Crippen LogP contribution in [-0.4, -0.2) is 18.6 Å². The molecule has 3 N–H and O–H groups in total. The van der Waals surface area contributed by atoms with Gasteiger partial charge in [0.25, 0.3) is 15.9 Å². The highest BCUT2D eigenvalue weighted by atomic mass is 35.5. The van der Waals surface area contributed by atoms with Crippen LogP contribution in [0.3, 0.4) is 0 Å². The average Bonchev–Trinajstić information content (AvgIpc) is 3.33. The largest absolute Gasteiger partial charge is 0.334 e. The van der Waals surface area contributed by atoms with Crippen molar-refractivity contribution in [2.45, 2.75) is 36.1 Å². The van der Waals surface area contributed by atoms with E-state index in [2.05, 4.69) is 14.9 Å². The lowest BCUT2D eigenvalue weighted by molar-refractivity contribution is 0.372. The van der Waals surface area contributed by atoms with Crippen LogP contribution in [0.5, 0.6) is 0 Å². The van der Waals surface area contributed by atoms with E-state index >= 15 is 0 Å². The molecule has 3 aromatic rings. The second-order valence-electron chi connectivity index (χ2n) is 6.79. The van der Waals surface area contributed by atoms with E-state index in [1.165, 1.54) is 0 Å². The number of nitrogens with one attached hydrogen (secondary N) is 1. The molecule has 4 rings (SSSR count). The van der Waals surface area contributed by atoms with E-state index in [9.17, 15) is 8.42 Å². The van der Waals surface area contributed by atoms with Crippen molar-refractivity contribution in [1.29, 1.82) is 0 Å².